The molecule has 0 atom stereocenters. The van der Waals surface area contributed by atoms with Gasteiger partial charge in [-0.3, -0.25) is 4.68 Å². The number of nitrogens with one attached hydrogen (secondary N) is 1. The van der Waals surface area contributed by atoms with Crippen molar-refractivity contribution in [2.24, 2.45) is 0 Å². The van der Waals surface area contributed by atoms with E-state index < -0.39 is 0 Å². The lowest BCUT2D eigenvalue weighted by atomic mass is 10.2. The number of aromatic nitrogens is 2. The highest BCUT2D eigenvalue weighted by Crippen LogP contribution is 2.13. The summed E-state index contributed by atoms with van der Waals surface area (Å²) in [6.45, 7) is 8.08. The molecule has 0 radical (unpaired) electrons. The first-order valence-electron chi connectivity index (χ1n) is 6.02. The molecule has 1 heterocycles. The van der Waals surface area contributed by atoms with Gasteiger partial charge < -0.3 is 5.32 Å². The van der Waals surface area contributed by atoms with E-state index in [9.17, 15) is 0 Å². The molecular weight excluding hydrogens is 210 g/mol. The van der Waals surface area contributed by atoms with E-state index in [2.05, 4.69) is 55.5 Å². The van der Waals surface area contributed by atoms with Crippen LogP contribution in [0.3, 0.4) is 0 Å². The molecule has 0 amide bonds. The summed E-state index contributed by atoms with van der Waals surface area (Å²) in [5, 5.41) is 7.77. The Morgan fingerprint density at radius 2 is 2.12 bits per heavy atom. The Hall–Kier alpha value is -1.77. The first-order chi connectivity index (χ1) is 8.20. The summed E-state index contributed by atoms with van der Waals surface area (Å²) in [5.74, 6) is 0. The number of hydrogen-bond acceptors (Lipinski definition) is 2. The van der Waals surface area contributed by atoms with Crippen LogP contribution >= 0.6 is 0 Å². The van der Waals surface area contributed by atoms with Gasteiger partial charge in [-0.05, 0) is 38.5 Å². The number of benzene rings is 1. The highest BCUT2D eigenvalue weighted by Gasteiger charge is 2.04. The maximum atomic E-state index is 4.34. The lowest BCUT2D eigenvalue weighted by Crippen LogP contribution is -2.03. The fraction of sp³-hybridized carbons (Fsp3) is 0.357. The standard InChI is InChI=1S/C14H19N3/c1-4-17-12(3)13(10-16-17)9-15-14-7-5-6-11(2)8-14/h5-8,10,15H,4,9H2,1-3H3. The van der Waals surface area contributed by atoms with E-state index in [1.54, 1.807) is 0 Å². The van der Waals surface area contributed by atoms with E-state index in [0.717, 1.165) is 18.8 Å². The van der Waals surface area contributed by atoms with Gasteiger partial charge in [0.25, 0.3) is 0 Å². The summed E-state index contributed by atoms with van der Waals surface area (Å²) in [4.78, 5) is 0. The second-order valence-corrected chi connectivity index (χ2v) is 4.29. The van der Waals surface area contributed by atoms with Gasteiger partial charge in [0.15, 0.2) is 0 Å². The van der Waals surface area contributed by atoms with E-state index in [0.29, 0.717) is 0 Å². The largest absolute Gasteiger partial charge is 0.381 e. The quantitative estimate of drug-likeness (QED) is 0.873. The summed E-state index contributed by atoms with van der Waals surface area (Å²) in [6, 6.07) is 8.41. The Kier molecular flexibility index (Phi) is 3.47. The summed E-state index contributed by atoms with van der Waals surface area (Å²) in [5.41, 5.74) is 4.94. The Bertz CT molecular complexity index is 500. The monoisotopic (exact) mass is 229 g/mol. The molecule has 0 spiro atoms. The van der Waals surface area contributed by atoms with Crippen LogP contribution in [-0.2, 0) is 13.1 Å². The van der Waals surface area contributed by atoms with Gasteiger partial charge in [-0.15, -0.1) is 0 Å². The highest BCUT2D eigenvalue weighted by atomic mass is 15.3. The van der Waals surface area contributed by atoms with Crippen molar-refractivity contribution in [3.63, 3.8) is 0 Å². The number of hydrogen-bond donors (Lipinski definition) is 1. The minimum atomic E-state index is 0.829. The third-order valence-electron chi connectivity index (χ3n) is 3.01. The molecule has 0 saturated carbocycles. The molecule has 2 aromatic rings. The number of nitrogens with zero attached hydrogens (tertiary/aromatic N) is 2. The first-order valence-corrected chi connectivity index (χ1v) is 6.02. The zero-order valence-corrected chi connectivity index (χ0v) is 10.7. The van der Waals surface area contributed by atoms with Gasteiger partial charge in [0.05, 0.1) is 6.20 Å². The van der Waals surface area contributed by atoms with Crippen LogP contribution in [-0.4, -0.2) is 9.78 Å². The van der Waals surface area contributed by atoms with Gasteiger partial charge in [-0.25, -0.2) is 0 Å². The summed E-state index contributed by atoms with van der Waals surface area (Å²) in [6.07, 6.45) is 1.95. The molecule has 0 saturated heterocycles. The van der Waals surface area contributed by atoms with Gasteiger partial charge in [0, 0.05) is 30.0 Å². The van der Waals surface area contributed by atoms with E-state index in [4.69, 9.17) is 0 Å². The second kappa shape index (κ2) is 5.04. The van der Waals surface area contributed by atoms with E-state index >= 15 is 0 Å². The average molecular weight is 229 g/mol. The SMILES string of the molecule is CCn1ncc(CNc2cccc(C)c2)c1C. The van der Waals surface area contributed by atoms with Gasteiger partial charge in [-0.2, -0.15) is 5.10 Å². The van der Waals surface area contributed by atoms with E-state index in [1.165, 1.54) is 16.8 Å². The van der Waals surface area contributed by atoms with Gasteiger partial charge in [-0.1, -0.05) is 12.1 Å². The van der Waals surface area contributed by atoms with E-state index in [1.807, 2.05) is 10.9 Å². The number of aryl methyl sites for hydroxylation is 2. The van der Waals surface area contributed by atoms with Gasteiger partial charge >= 0.3 is 0 Å². The molecular formula is C14H19N3. The summed E-state index contributed by atoms with van der Waals surface area (Å²) >= 11 is 0. The van der Waals surface area contributed by atoms with Crippen molar-refractivity contribution in [3.05, 3.63) is 47.3 Å². The molecule has 1 N–H and O–H groups in total. The molecule has 0 unspecified atom stereocenters. The molecule has 1 aromatic heterocycles. The fourth-order valence-corrected chi connectivity index (χ4v) is 1.93. The Morgan fingerprint density at radius 3 is 2.76 bits per heavy atom. The molecule has 1 aromatic carbocycles. The van der Waals surface area contributed by atoms with Crippen molar-refractivity contribution in [2.75, 3.05) is 5.32 Å². The first kappa shape index (κ1) is 11.7. The predicted octanol–water partition coefficient (Wildman–Crippen LogP) is 3.13. The van der Waals surface area contributed by atoms with Crippen LogP contribution < -0.4 is 5.32 Å². The number of anilines is 1. The molecule has 90 valence electrons. The van der Waals surface area contributed by atoms with Crippen LogP contribution in [0.15, 0.2) is 30.5 Å². The maximum absolute atomic E-state index is 4.34. The highest BCUT2D eigenvalue weighted by molar-refractivity contribution is 5.46. The van der Waals surface area contributed by atoms with Crippen molar-refractivity contribution in [3.8, 4) is 0 Å². The fourth-order valence-electron chi connectivity index (χ4n) is 1.93. The number of rotatable bonds is 4. The van der Waals surface area contributed by atoms with Crippen molar-refractivity contribution >= 4 is 5.69 Å². The predicted molar refractivity (Wildman–Crippen MR) is 71.1 cm³/mol. The molecule has 0 aliphatic carbocycles. The second-order valence-electron chi connectivity index (χ2n) is 4.29. The summed E-state index contributed by atoms with van der Waals surface area (Å²) < 4.78 is 2.02. The topological polar surface area (TPSA) is 29.9 Å². The van der Waals surface area contributed by atoms with Crippen LogP contribution in [0.25, 0.3) is 0 Å². The zero-order valence-electron chi connectivity index (χ0n) is 10.7. The molecule has 3 heteroatoms. The third-order valence-corrected chi connectivity index (χ3v) is 3.01. The Labute approximate surface area is 102 Å². The van der Waals surface area contributed by atoms with E-state index in [-0.39, 0.29) is 0 Å². The minimum absolute atomic E-state index is 0.829. The summed E-state index contributed by atoms with van der Waals surface area (Å²) in [7, 11) is 0. The van der Waals surface area contributed by atoms with Crippen LogP contribution in [0.2, 0.25) is 0 Å². The minimum Gasteiger partial charge on any atom is -0.381 e. The van der Waals surface area contributed by atoms with Crippen molar-refractivity contribution in [2.45, 2.75) is 33.9 Å². The van der Waals surface area contributed by atoms with Crippen LogP contribution in [0.4, 0.5) is 5.69 Å². The normalized spacial score (nSPS) is 10.5. The molecule has 2 rings (SSSR count). The molecule has 0 aliphatic rings. The van der Waals surface area contributed by atoms with Gasteiger partial charge in [0.2, 0.25) is 0 Å². The Balaban J connectivity index is 2.05. The molecule has 0 fully saturated rings. The van der Waals surface area contributed by atoms with Crippen LogP contribution in [0.5, 0.6) is 0 Å². The van der Waals surface area contributed by atoms with Crippen LogP contribution in [0.1, 0.15) is 23.7 Å². The van der Waals surface area contributed by atoms with Crippen molar-refractivity contribution in [1.29, 1.82) is 0 Å². The van der Waals surface area contributed by atoms with Crippen molar-refractivity contribution in [1.82, 2.24) is 9.78 Å². The third kappa shape index (κ3) is 2.67. The van der Waals surface area contributed by atoms with Gasteiger partial charge in [0.1, 0.15) is 0 Å². The molecule has 0 aliphatic heterocycles. The smallest absolute Gasteiger partial charge is 0.0542 e. The zero-order chi connectivity index (χ0) is 12.3. The lowest BCUT2D eigenvalue weighted by Gasteiger charge is -2.07. The lowest BCUT2D eigenvalue weighted by molar-refractivity contribution is 0.638. The molecule has 0 bridgehead atoms. The Morgan fingerprint density at radius 1 is 1.29 bits per heavy atom. The molecule has 17 heavy (non-hydrogen) atoms. The average Bonchev–Trinajstić information content (AvgIpc) is 2.67. The molecule has 3 nitrogen and oxygen atoms in total. The maximum Gasteiger partial charge on any atom is 0.0542 e. The van der Waals surface area contributed by atoms with Crippen LogP contribution in [0, 0.1) is 13.8 Å². The van der Waals surface area contributed by atoms with Crippen molar-refractivity contribution < 1.29 is 0 Å².